The number of hydrogen-bond donors (Lipinski definition) is 2. The van der Waals surface area contributed by atoms with Crippen molar-refractivity contribution < 1.29 is 14.7 Å². The Kier molecular flexibility index (Phi) is 4.48. The molecule has 0 spiro atoms. The molecule has 2 aromatic rings. The lowest BCUT2D eigenvalue weighted by Gasteiger charge is -2.18. The smallest absolute Gasteiger partial charge is 0.307 e. The zero-order chi connectivity index (χ0) is 16.4. The standard InChI is InChI=1S/C18H19NO3S/c1-11-2-7-14-15(10-23-16(14)8-11)18(22)19-13-5-3-12(4-6-13)9-17(20)21/h3-6,10-11H,2,7-9H2,1H3,(H,19,22)(H,20,21). The summed E-state index contributed by atoms with van der Waals surface area (Å²) in [7, 11) is 0. The maximum absolute atomic E-state index is 12.5. The second-order valence-corrected chi connectivity index (χ2v) is 7.08. The molecule has 1 aliphatic rings. The number of carboxylic acid groups (broad SMARTS) is 1. The number of carboxylic acids is 1. The Morgan fingerprint density at radius 1 is 1.30 bits per heavy atom. The van der Waals surface area contributed by atoms with Crippen molar-refractivity contribution in [1.82, 2.24) is 0 Å². The van der Waals surface area contributed by atoms with Gasteiger partial charge in [-0.25, -0.2) is 0 Å². The van der Waals surface area contributed by atoms with Crippen molar-refractivity contribution >= 4 is 28.9 Å². The van der Waals surface area contributed by atoms with Gasteiger partial charge in [0.15, 0.2) is 0 Å². The van der Waals surface area contributed by atoms with Crippen LogP contribution in [0.25, 0.3) is 0 Å². The molecule has 2 N–H and O–H groups in total. The second-order valence-electron chi connectivity index (χ2n) is 6.12. The van der Waals surface area contributed by atoms with Crippen LogP contribution in [0.1, 0.15) is 39.7 Å². The number of hydrogen-bond acceptors (Lipinski definition) is 3. The van der Waals surface area contributed by atoms with Crippen LogP contribution in [0.15, 0.2) is 29.6 Å². The van der Waals surface area contributed by atoms with Gasteiger partial charge in [-0.05, 0) is 48.4 Å². The Morgan fingerprint density at radius 2 is 2.04 bits per heavy atom. The summed E-state index contributed by atoms with van der Waals surface area (Å²) >= 11 is 1.68. The minimum atomic E-state index is -0.860. The first-order valence-corrected chi connectivity index (χ1v) is 8.62. The Hall–Kier alpha value is -2.14. The van der Waals surface area contributed by atoms with Gasteiger partial charge in [0.25, 0.3) is 5.91 Å². The quantitative estimate of drug-likeness (QED) is 0.897. The van der Waals surface area contributed by atoms with E-state index >= 15 is 0 Å². The van der Waals surface area contributed by atoms with E-state index in [1.165, 1.54) is 10.4 Å². The summed E-state index contributed by atoms with van der Waals surface area (Å²) in [5.41, 5.74) is 3.39. The van der Waals surface area contributed by atoms with Crippen LogP contribution in [0.4, 0.5) is 5.69 Å². The maximum atomic E-state index is 12.5. The lowest BCUT2D eigenvalue weighted by molar-refractivity contribution is -0.136. The summed E-state index contributed by atoms with van der Waals surface area (Å²) in [5, 5.41) is 13.6. The zero-order valence-electron chi connectivity index (χ0n) is 13.0. The molecule has 0 aliphatic heterocycles. The lowest BCUT2D eigenvalue weighted by atomic mass is 9.88. The molecule has 1 heterocycles. The fourth-order valence-corrected chi connectivity index (χ4v) is 4.19. The number of fused-ring (bicyclic) bond motifs is 1. The summed E-state index contributed by atoms with van der Waals surface area (Å²) in [4.78, 5) is 24.5. The SMILES string of the molecule is CC1CCc2c(C(=O)Nc3ccc(CC(=O)O)cc3)csc2C1. The van der Waals surface area contributed by atoms with E-state index < -0.39 is 5.97 Å². The number of nitrogens with one attached hydrogen (secondary N) is 1. The van der Waals surface area contributed by atoms with E-state index in [2.05, 4.69) is 12.2 Å². The first kappa shape index (κ1) is 15.7. The molecule has 0 bridgehead atoms. The molecule has 0 saturated carbocycles. The van der Waals surface area contributed by atoms with Crippen LogP contribution in [0.3, 0.4) is 0 Å². The Labute approximate surface area is 139 Å². The highest BCUT2D eigenvalue weighted by Crippen LogP contribution is 2.33. The summed E-state index contributed by atoms with van der Waals surface area (Å²) in [6, 6.07) is 6.96. The summed E-state index contributed by atoms with van der Waals surface area (Å²) in [6.45, 7) is 2.25. The van der Waals surface area contributed by atoms with Crippen LogP contribution in [-0.2, 0) is 24.1 Å². The highest BCUT2D eigenvalue weighted by atomic mass is 32.1. The van der Waals surface area contributed by atoms with Crippen molar-refractivity contribution in [3.63, 3.8) is 0 Å². The van der Waals surface area contributed by atoms with E-state index in [0.29, 0.717) is 11.6 Å². The van der Waals surface area contributed by atoms with E-state index in [0.717, 1.165) is 30.4 Å². The van der Waals surface area contributed by atoms with Crippen molar-refractivity contribution in [1.29, 1.82) is 0 Å². The van der Waals surface area contributed by atoms with E-state index in [4.69, 9.17) is 5.11 Å². The summed E-state index contributed by atoms with van der Waals surface area (Å²) in [6.07, 6.45) is 3.16. The summed E-state index contributed by atoms with van der Waals surface area (Å²) < 4.78 is 0. The van der Waals surface area contributed by atoms with Gasteiger partial charge in [0, 0.05) is 15.9 Å². The van der Waals surface area contributed by atoms with Gasteiger partial charge in [0.05, 0.1) is 12.0 Å². The van der Waals surface area contributed by atoms with Gasteiger partial charge in [-0.15, -0.1) is 11.3 Å². The molecule has 1 amide bonds. The molecular formula is C18H19NO3S. The van der Waals surface area contributed by atoms with Crippen LogP contribution in [0, 0.1) is 5.92 Å². The molecule has 23 heavy (non-hydrogen) atoms. The van der Waals surface area contributed by atoms with E-state index in [9.17, 15) is 9.59 Å². The molecule has 120 valence electrons. The highest BCUT2D eigenvalue weighted by molar-refractivity contribution is 7.10. The number of thiophene rings is 1. The van der Waals surface area contributed by atoms with Gasteiger partial charge in [-0.3, -0.25) is 9.59 Å². The van der Waals surface area contributed by atoms with Crippen LogP contribution in [0.2, 0.25) is 0 Å². The first-order chi connectivity index (χ1) is 11.0. The van der Waals surface area contributed by atoms with Gasteiger partial charge in [0.2, 0.25) is 0 Å². The van der Waals surface area contributed by atoms with E-state index in [1.54, 1.807) is 35.6 Å². The molecule has 0 fully saturated rings. The molecule has 1 aromatic heterocycles. The topological polar surface area (TPSA) is 66.4 Å². The third-order valence-electron chi connectivity index (χ3n) is 4.21. The van der Waals surface area contributed by atoms with Gasteiger partial charge < -0.3 is 10.4 Å². The molecule has 1 aliphatic carbocycles. The van der Waals surface area contributed by atoms with Gasteiger partial charge in [-0.2, -0.15) is 0 Å². The third-order valence-corrected chi connectivity index (χ3v) is 5.26. The van der Waals surface area contributed by atoms with E-state index in [1.807, 2.05) is 5.38 Å². The number of rotatable bonds is 4. The molecule has 0 saturated heterocycles. The molecular weight excluding hydrogens is 310 g/mol. The number of carbonyl (C=O) groups excluding carboxylic acids is 1. The third kappa shape index (κ3) is 3.62. The lowest BCUT2D eigenvalue weighted by Crippen LogP contribution is -2.16. The zero-order valence-corrected chi connectivity index (χ0v) is 13.8. The van der Waals surface area contributed by atoms with Crippen molar-refractivity contribution in [3.05, 3.63) is 51.2 Å². The normalized spacial score (nSPS) is 16.7. The Morgan fingerprint density at radius 3 is 2.74 bits per heavy atom. The van der Waals surface area contributed by atoms with Crippen molar-refractivity contribution in [3.8, 4) is 0 Å². The van der Waals surface area contributed by atoms with Crippen LogP contribution in [0.5, 0.6) is 0 Å². The number of amides is 1. The molecule has 1 atom stereocenters. The molecule has 0 radical (unpaired) electrons. The van der Waals surface area contributed by atoms with Crippen molar-refractivity contribution in [2.24, 2.45) is 5.92 Å². The second kappa shape index (κ2) is 6.54. The van der Waals surface area contributed by atoms with Crippen LogP contribution < -0.4 is 5.32 Å². The number of carbonyl (C=O) groups is 2. The fraction of sp³-hybridized carbons (Fsp3) is 0.333. The average Bonchev–Trinajstić information content (AvgIpc) is 2.91. The fourth-order valence-electron chi connectivity index (χ4n) is 2.95. The number of anilines is 1. The van der Waals surface area contributed by atoms with Crippen LogP contribution >= 0.6 is 11.3 Å². The van der Waals surface area contributed by atoms with Crippen molar-refractivity contribution in [2.75, 3.05) is 5.32 Å². The molecule has 5 heteroatoms. The largest absolute Gasteiger partial charge is 0.481 e. The Bertz CT molecular complexity index is 733. The average molecular weight is 329 g/mol. The van der Waals surface area contributed by atoms with Crippen LogP contribution in [-0.4, -0.2) is 17.0 Å². The van der Waals surface area contributed by atoms with E-state index in [-0.39, 0.29) is 12.3 Å². The molecule has 4 nitrogen and oxygen atoms in total. The summed E-state index contributed by atoms with van der Waals surface area (Å²) in [5.74, 6) is -0.247. The van der Waals surface area contributed by atoms with Gasteiger partial charge in [-0.1, -0.05) is 19.1 Å². The predicted octanol–water partition coefficient (Wildman–Crippen LogP) is 3.75. The monoisotopic (exact) mass is 329 g/mol. The van der Waals surface area contributed by atoms with Gasteiger partial charge >= 0.3 is 5.97 Å². The van der Waals surface area contributed by atoms with Gasteiger partial charge in [0.1, 0.15) is 0 Å². The molecule has 1 unspecified atom stereocenters. The minimum absolute atomic E-state index is 0.00947. The number of benzene rings is 1. The molecule has 3 rings (SSSR count). The first-order valence-electron chi connectivity index (χ1n) is 7.74. The van der Waals surface area contributed by atoms with Crippen molar-refractivity contribution in [2.45, 2.75) is 32.6 Å². The number of aliphatic carboxylic acids is 1. The molecule has 1 aromatic carbocycles. The minimum Gasteiger partial charge on any atom is -0.481 e. The predicted molar refractivity (Wildman–Crippen MR) is 91.2 cm³/mol. The maximum Gasteiger partial charge on any atom is 0.307 e. The highest BCUT2D eigenvalue weighted by Gasteiger charge is 2.23. The Balaban J connectivity index is 1.71.